The number of aliphatic hydroxyl groups is 5. The van der Waals surface area contributed by atoms with Crippen LogP contribution in [0.2, 0.25) is 0 Å². The fourth-order valence-electron chi connectivity index (χ4n) is 7.32. The molecular weight excluding hydrogens is 658 g/mol. The van der Waals surface area contributed by atoms with Crippen LogP contribution in [0, 0.1) is 0 Å². The molecule has 0 aliphatic carbocycles. The standard InChI is InChI=1S/C43H85NO8/c1-3-5-7-8-9-10-11-12-13-14-15-16-17-18-19-20-21-22-23-24-25-26-27-28-29-30-31-32-37(46)36(44-39(47)33-6-4-2)35-51-43-42(50)41(49)40(48)38(34-45)52-43/h36-38,40-43,45-46,48-50H,3-35H2,1-2H3,(H,44,47). The van der Waals surface area contributed by atoms with E-state index < -0.39 is 49.5 Å². The molecule has 9 heteroatoms. The first-order chi connectivity index (χ1) is 25.3. The Kier molecular flexibility index (Phi) is 32.8. The third-order valence-corrected chi connectivity index (χ3v) is 11.0. The van der Waals surface area contributed by atoms with Crippen LogP contribution < -0.4 is 5.32 Å². The average molecular weight is 744 g/mol. The summed E-state index contributed by atoms with van der Waals surface area (Å²) in [5.74, 6) is -0.177. The first-order valence-electron chi connectivity index (χ1n) is 22.2. The van der Waals surface area contributed by atoms with E-state index in [2.05, 4.69) is 12.2 Å². The molecule has 310 valence electrons. The number of hydrogen-bond acceptors (Lipinski definition) is 8. The van der Waals surface area contributed by atoms with Gasteiger partial charge in [-0.25, -0.2) is 0 Å². The van der Waals surface area contributed by atoms with Crippen LogP contribution in [-0.4, -0.2) is 87.5 Å². The lowest BCUT2D eigenvalue weighted by Gasteiger charge is -2.40. The second kappa shape index (κ2) is 34.7. The molecule has 0 aromatic heterocycles. The first-order valence-corrected chi connectivity index (χ1v) is 22.2. The number of hydrogen-bond donors (Lipinski definition) is 6. The Morgan fingerprint density at radius 2 is 0.962 bits per heavy atom. The Hall–Kier alpha value is -0.810. The lowest BCUT2D eigenvalue weighted by atomic mass is 9.99. The molecule has 0 aromatic rings. The van der Waals surface area contributed by atoms with Gasteiger partial charge in [-0.05, 0) is 12.8 Å². The van der Waals surface area contributed by atoms with Crippen LogP contribution in [0.25, 0.3) is 0 Å². The van der Waals surface area contributed by atoms with Crippen molar-refractivity contribution >= 4 is 5.91 Å². The van der Waals surface area contributed by atoms with Crippen molar-refractivity contribution in [3.63, 3.8) is 0 Å². The predicted molar refractivity (Wildman–Crippen MR) is 212 cm³/mol. The minimum absolute atomic E-state index is 0.138. The van der Waals surface area contributed by atoms with Crippen molar-refractivity contribution in [3.8, 4) is 0 Å². The van der Waals surface area contributed by atoms with Crippen molar-refractivity contribution in [2.24, 2.45) is 0 Å². The Morgan fingerprint density at radius 3 is 1.35 bits per heavy atom. The second-order valence-corrected chi connectivity index (χ2v) is 15.9. The van der Waals surface area contributed by atoms with Crippen LogP contribution in [0.15, 0.2) is 0 Å². The quantitative estimate of drug-likeness (QED) is 0.0346. The van der Waals surface area contributed by atoms with E-state index in [4.69, 9.17) is 9.47 Å². The summed E-state index contributed by atoms with van der Waals surface area (Å²) in [4.78, 5) is 12.5. The van der Waals surface area contributed by atoms with E-state index >= 15 is 0 Å². The molecule has 1 heterocycles. The fraction of sp³-hybridized carbons (Fsp3) is 0.977. The summed E-state index contributed by atoms with van der Waals surface area (Å²) < 4.78 is 11.1. The predicted octanol–water partition coefficient (Wildman–Crippen LogP) is 8.78. The molecule has 1 amide bonds. The van der Waals surface area contributed by atoms with E-state index in [0.717, 1.165) is 32.1 Å². The van der Waals surface area contributed by atoms with Gasteiger partial charge in [0.25, 0.3) is 0 Å². The van der Waals surface area contributed by atoms with Crippen LogP contribution >= 0.6 is 0 Å². The number of carbonyl (C=O) groups is 1. The SMILES string of the molecule is CCCCCCCCCCCCCCCCCCCCCCCCCCCCCC(O)C(COC1OC(CO)C(O)C(O)C1O)NC(=O)CCCC. The molecule has 52 heavy (non-hydrogen) atoms. The second-order valence-electron chi connectivity index (χ2n) is 15.9. The number of rotatable bonds is 37. The maximum atomic E-state index is 12.5. The molecule has 1 aliphatic rings. The first kappa shape index (κ1) is 49.2. The average Bonchev–Trinajstić information content (AvgIpc) is 3.14. The van der Waals surface area contributed by atoms with Crippen LogP contribution in [0.4, 0.5) is 0 Å². The highest BCUT2D eigenvalue weighted by atomic mass is 16.7. The van der Waals surface area contributed by atoms with Gasteiger partial charge in [0, 0.05) is 6.42 Å². The van der Waals surface area contributed by atoms with Crippen molar-refractivity contribution in [3.05, 3.63) is 0 Å². The van der Waals surface area contributed by atoms with E-state index in [-0.39, 0.29) is 12.5 Å². The molecule has 0 bridgehead atoms. The topological polar surface area (TPSA) is 149 Å². The number of amides is 1. The van der Waals surface area contributed by atoms with Gasteiger partial charge >= 0.3 is 0 Å². The Morgan fingerprint density at radius 1 is 0.577 bits per heavy atom. The van der Waals surface area contributed by atoms with Gasteiger partial charge in [-0.2, -0.15) is 0 Å². The summed E-state index contributed by atoms with van der Waals surface area (Å²) >= 11 is 0. The molecule has 0 spiro atoms. The van der Waals surface area contributed by atoms with Crippen LogP contribution in [0.1, 0.15) is 213 Å². The minimum atomic E-state index is -1.54. The van der Waals surface area contributed by atoms with Crippen LogP contribution in [-0.2, 0) is 14.3 Å². The Labute approximate surface area is 319 Å². The molecule has 9 nitrogen and oxygen atoms in total. The van der Waals surface area contributed by atoms with E-state index in [1.165, 1.54) is 154 Å². The molecule has 6 N–H and O–H groups in total. The fourth-order valence-corrected chi connectivity index (χ4v) is 7.32. The summed E-state index contributed by atoms with van der Waals surface area (Å²) in [7, 11) is 0. The Balaban J connectivity index is 2.01. The molecular formula is C43H85NO8. The summed E-state index contributed by atoms with van der Waals surface area (Å²) in [6.45, 7) is 3.60. The zero-order chi connectivity index (χ0) is 38.1. The van der Waals surface area contributed by atoms with Crippen molar-refractivity contribution in [1.82, 2.24) is 5.32 Å². The number of ether oxygens (including phenoxy) is 2. The lowest BCUT2D eigenvalue weighted by molar-refractivity contribution is -0.302. The molecule has 1 saturated heterocycles. The summed E-state index contributed by atoms with van der Waals surface area (Å²) in [6.07, 6.45) is 31.1. The van der Waals surface area contributed by atoms with E-state index in [0.29, 0.717) is 12.8 Å². The molecule has 1 fully saturated rings. The van der Waals surface area contributed by atoms with Crippen LogP contribution in [0.5, 0.6) is 0 Å². The number of aliphatic hydroxyl groups excluding tert-OH is 5. The summed E-state index contributed by atoms with van der Waals surface area (Å²) in [5.41, 5.74) is 0. The molecule has 7 unspecified atom stereocenters. The van der Waals surface area contributed by atoms with E-state index in [1.807, 2.05) is 6.92 Å². The van der Waals surface area contributed by atoms with Gasteiger partial charge in [0.15, 0.2) is 6.29 Å². The normalized spacial score (nSPS) is 21.7. The van der Waals surface area contributed by atoms with Gasteiger partial charge in [-0.3, -0.25) is 4.79 Å². The molecule has 1 rings (SSSR count). The molecule has 7 atom stereocenters. The molecule has 0 aromatic carbocycles. The van der Waals surface area contributed by atoms with Gasteiger partial charge in [0.1, 0.15) is 24.4 Å². The highest BCUT2D eigenvalue weighted by Crippen LogP contribution is 2.23. The highest BCUT2D eigenvalue weighted by molar-refractivity contribution is 5.76. The van der Waals surface area contributed by atoms with Gasteiger partial charge in [-0.15, -0.1) is 0 Å². The van der Waals surface area contributed by atoms with Gasteiger partial charge in [0.05, 0.1) is 25.4 Å². The van der Waals surface area contributed by atoms with Crippen molar-refractivity contribution < 1.29 is 39.8 Å². The largest absolute Gasteiger partial charge is 0.394 e. The molecule has 1 aliphatic heterocycles. The molecule has 0 radical (unpaired) electrons. The highest BCUT2D eigenvalue weighted by Gasteiger charge is 2.44. The van der Waals surface area contributed by atoms with Crippen molar-refractivity contribution in [1.29, 1.82) is 0 Å². The third kappa shape index (κ3) is 25.3. The maximum Gasteiger partial charge on any atom is 0.220 e. The summed E-state index contributed by atoms with van der Waals surface area (Å²) in [5, 5.41) is 53.6. The zero-order valence-electron chi connectivity index (χ0n) is 33.8. The van der Waals surface area contributed by atoms with Gasteiger partial charge in [-0.1, -0.05) is 194 Å². The van der Waals surface area contributed by atoms with E-state index in [9.17, 15) is 30.3 Å². The third-order valence-electron chi connectivity index (χ3n) is 11.0. The molecule has 0 saturated carbocycles. The monoisotopic (exact) mass is 744 g/mol. The van der Waals surface area contributed by atoms with Crippen molar-refractivity contribution in [2.45, 2.75) is 256 Å². The van der Waals surface area contributed by atoms with Crippen molar-refractivity contribution in [2.75, 3.05) is 13.2 Å². The zero-order valence-corrected chi connectivity index (χ0v) is 33.8. The minimum Gasteiger partial charge on any atom is -0.394 e. The smallest absolute Gasteiger partial charge is 0.220 e. The van der Waals surface area contributed by atoms with Gasteiger partial charge < -0.3 is 40.3 Å². The maximum absolute atomic E-state index is 12.5. The number of unbranched alkanes of at least 4 members (excludes halogenated alkanes) is 27. The number of carbonyl (C=O) groups excluding carboxylic acids is 1. The van der Waals surface area contributed by atoms with Gasteiger partial charge in [0.2, 0.25) is 5.91 Å². The van der Waals surface area contributed by atoms with E-state index in [1.54, 1.807) is 0 Å². The van der Waals surface area contributed by atoms with Crippen LogP contribution in [0.3, 0.4) is 0 Å². The number of nitrogens with one attached hydrogen (secondary N) is 1. The lowest BCUT2D eigenvalue weighted by Crippen LogP contribution is -2.60. The Bertz CT molecular complexity index is 786. The summed E-state index contributed by atoms with van der Waals surface area (Å²) in [6, 6.07) is -0.708.